The van der Waals surface area contributed by atoms with Gasteiger partial charge >= 0.3 is 5.97 Å². The third-order valence-corrected chi connectivity index (χ3v) is 5.70. The first-order chi connectivity index (χ1) is 9.58. The molecule has 1 N–H and O–H groups in total. The summed E-state index contributed by atoms with van der Waals surface area (Å²) >= 11 is 0. The molecule has 3 atom stereocenters. The summed E-state index contributed by atoms with van der Waals surface area (Å²) in [5.74, 6) is 1.12. The molecule has 2 rings (SSSR count). The van der Waals surface area contributed by atoms with Crippen LogP contribution in [0.1, 0.15) is 65.2 Å². The van der Waals surface area contributed by atoms with Crippen molar-refractivity contribution >= 4 is 5.97 Å². The Balaban J connectivity index is 1.87. The van der Waals surface area contributed by atoms with Crippen molar-refractivity contribution in [1.29, 1.82) is 0 Å². The number of hydrogen-bond acceptors (Lipinski definition) is 2. The lowest BCUT2D eigenvalue weighted by Gasteiger charge is -2.42. The lowest BCUT2D eigenvalue weighted by atomic mass is 9.80. The minimum atomic E-state index is -0.644. The van der Waals surface area contributed by atoms with Crippen LogP contribution in [0.4, 0.5) is 0 Å². The standard InChI is InChI=1S/C17H31NO2/c1-13(11-17(19)20)16-9-6-10-18(12-16)14(2)15-7-4-3-5-8-15/h13-16H,3-12H2,1-2H3,(H,19,20). The molecule has 3 unspecified atom stereocenters. The van der Waals surface area contributed by atoms with E-state index in [1.807, 2.05) is 0 Å². The Morgan fingerprint density at radius 2 is 1.75 bits per heavy atom. The number of likely N-dealkylation sites (tertiary alicyclic amines) is 1. The van der Waals surface area contributed by atoms with Crippen LogP contribution >= 0.6 is 0 Å². The first-order valence-corrected chi connectivity index (χ1v) is 8.53. The molecular weight excluding hydrogens is 250 g/mol. The highest BCUT2D eigenvalue weighted by atomic mass is 16.4. The zero-order valence-electron chi connectivity index (χ0n) is 13.2. The normalized spacial score (nSPS) is 29.0. The molecule has 0 aromatic carbocycles. The van der Waals surface area contributed by atoms with Gasteiger partial charge in [0.15, 0.2) is 0 Å². The van der Waals surface area contributed by atoms with E-state index in [2.05, 4.69) is 18.7 Å². The van der Waals surface area contributed by atoms with Crippen molar-refractivity contribution in [2.45, 2.75) is 71.3 Å². The van der Waals surface area contributed by atoms with Gasteiger partial charge in [-0.3, -0.25) is 4.79 Å². The lowest BCUT2D eigenvalue weighted by molar-refractivity contribution is -0.138. The predicted octanol–water partition coefficient (Wildman–Crippen LogP) is 3.78. The Morgan fingerprint density at radius 3 is 2.40 bits per heavy atom. The average Bonchev–Trinajstić information content (AvgIpc) is 2.47. The van der Waals surface area contributed by atoms with Gasteiger partial charge in [0.2, 0.25) is 0 Å². The fraction of sp³-hybridized carbons (Fsp3) is 0.941. The topological polar surface area (TPSA) is 40.5 Å². The summed E-state index contributed by atoms with van der Waals surface area (Å²) in [5, 5.41) is 8.98. The highest BCUT2D eigenvalue weighted by Gasteiger charge is 2.31. The monoisotopic (exact) mass is 281 g/mol. The maximum atomic E-state index is 10.9. The minimum Gasteiger partial charge on any atom is -0.481 e. The van der Waals surface area contributed by atoms with Crippen LogP contribution in [0, 0.1) is 17.8 Å². The van der Waals surface area contributed by atoms with Crippen LogP contribution in [0.3, 0.4) is 0 Å². The molecule has 3 nitrogen and oxygen atoms in total. The van der Waals surface area contributed by atoms with E-state index in [1.165, 1.54) is 51.5 Å². The van der Waals surface area contributed by atoms with E-state index in [0.29, 0.717) is 24.3 Å². The van der Waals surface area contributed by atoms with Gasteiger partial charge < -0.3 is 10.0 Å². The molecule has 0 aromatic rings. The number of carboxylic acids is 1. The SMILES string of the molecule is CC(CC(=O)O)C1CCCN(C(C)C2CCCCC2)C1. The summed E-state index contributed by atoms with van der Waals surface area (Å²) in [4.78, 5) is 13.6. The quantitative estimate of drug-likeness (QED) is 0.833. The fourth-order valence-electron chi connectivity index (χ4n) is 4.23. The Hall–Kier alpha value is -0.570. The van der Waals surface area contributed by atoms with E-state index in [9.17, 15) is 4.79 Å². The Bertz CT molecular complexity index is 312. The minimum absolute atomic E-state index is 0.314. The number of piperidine rings is 1. The predicted molar refractivity (Wildman–Crippen MR) is 81.8 cm³/mol. The Labute approximate surface area is 123 Å². The van der Waals surface area contributed by atoms with Gasteiger partial charge in [-0.1, -0.05) is 26.2 Å². The van der Waals surface area contributed by atoms with Crippen molar-refractivity contribution in [3.05, 3.63) is 0 Å². The molecule has 0 radical (unpaired) electrons. The van der Waals surface area contributed by atoms with E-state index in [1.54, 1.807) is 0 Å². The molecule has 1 saturated heterocycles. The van der Waals surface area contributed by atoms with E-state index >= 15 is 0 Å². The van der Waals surface area contributed by atoms with Gasteiger partial charge in [0, 0.05) is 19.0 Å². The van der Waals surface area contributed by atoms with Gasteiger partial charge in [-0.15, -0.1) is 0 Å². The van der Waals surface area contributed by atoms with Crippen molar-refractivity contribution in [1.82, 2.24) is 4.90 Å². The van der Waals surface area contributed by atoms with Crippen LogP contribution in [-0.4, -0.2) is 35.1 Å². The number of carboxylic acid groups (broad SMARTS) is 1. The first kappa shape index (κ1) is 15.8. The molecule has 0 spiro atoms. The van der Waals surface area contributed by atoms with Gasteiger partial charge in [-0.05, 0) is 56.9 Å². The zero-order valence-corrected chi connectivity index (χ0v) is 13.2. The molecule has 0 bridgehead atoms. The molecule has 20 heavy (non-hydrogen) atoms. The molecular formula is C17H31NO2. The molecule has 1 aliphatic carbocycles. The van der Waals surface area contributed by atoms with E-state index < -0.39 is 5.97 Å². The summed E-state index contributed by atoms with van der Waals surface area (Å²) in [6, 6.07) is 0.690. The molecule has 3 heteroatoms. The largest absolute Gasteiger partial charge is 0.481 e. The van der Waals surface area contributed by atoms with Gasteiger partial charge in [-0.2, -0.15) is 0 Å². The maximum absolute atomic E-state index is 10.9. The number of hydrogen-bond donors (Lipinski definition) is 1. The molecule has 1 heterocycles. The number of carbonyl (C=O) groups is 1. The molecule has 2 aliphatic rings. The van der Waals surface area contributed by atoms with Gasteiger partial charge in [0.1, 0.15) is 0 Å². The molecule has 0 amide bonds. The average molecular weight is 281 g/mol. The molecule has 2 fully saturated rings. The third kappa shape index (κ3) is 4.21. The zero-order chi connectivity index (χ0) is 14.5. The summed E-state index contributed by atoms with van der Waals surface area (Å²) in [7, 11) is 0. The molecule has 1 saturated carbocycles. The van der Waals surface area contributed by atoms with Crippen LogP contribution in [0.15, 0.2) is 0 Å². The smallest absolute Gasteiger partial charge is 0.303 e. The fourth-order valence-corrected chi connectivity index (χ4v) is 4.23. The van der Waals surface area contributed by atoms with Gasteiger partial charge in [0.05, 0.1) is 0 Å². The molecule has 1 aliphatic heterocycles. The van der Waals surface area contributed by atoms with Crippen LogP contribution in [0.25, 0.3) is 0 Å². The third-order valence-electron chi connectivity index (χ3n) is 5.70. The van der Waals surface area contributed by atoms with Crippen molar-refractivity contribution in [3.63, 3.8) is 0 Å². The van der Waals surface area contributed by atoms with E-state index in [4.69, 9.17) is 5.11 Å². The number of aliphatic carboxylic acids is 1. The highest BCUT2D eigenvalue weighted by molar-refractivity contribution is 5.67. The second kappa shape index (κ2) is 7.44. The highest BCUT2D eigenvalue weighted by Crippen LogP contribution is 2.33. The molecule has 0 aromatic heterocycles. The van der Waals surface area contributed by atoms with Crippen LogP contribution in [0.5, 0.6) is 0 Å². The Morgan fingerprint density at radius 1 is 1.10 bits per heavy atom. The van der Waals surface area contributed by atoms with Crippen molar-refractivity contribution in [2.24, 2.45) is 17.8 Å². The maximum Gasteiger partial charge on any atom is 0.303 e. The van der Waals surface area contributed by atoms with E-state index in [0.717, 1.165) is 12.5 Å². The summed E-state index contributed by atoms with van der Waals surface area (Å²) < 4.78 is 0. The summed E-state index contributed by atoms with van der Waals surface area (Å²) in [6.07, 6.45) is 9.80. The summed E-state index contributed by atoms with van der Waals surface area (Å²) in [5.41, 5.74) is 0. The first-order valence-electron chi connectivity index (χ1n) is 8.53. The summed E-state index contributed by atoms with van der Waals surface area (Å²) in [6.45, 7) is 6.86. The Kier molecular flexibility index (Phi) is 5.88. The van der Waals surface area contributed by atoms with Crippen LogP contribution in [0.2, 0.25) is 0 Å². The van der Waals surface area contributed by atoms with Gasteiger partial charge in [-0.25, -0.2) is 0 Å². The van der Waals surface area contributed by atoms with Gasteiger partial charge in [0.25, 0.3) is 0 Å². The molecule has 116 valence electrons. The number of nitrogens with zero attached hydrogens (tertiary/aromatic N) is 1. The number of rotatable bonds is 5. The van der Waals surface area contributed by atoms with Crippen molar-refractivity contribution in [3.8, 4) is 0 Å². The lowest BCUT2D eigenvalue weighted by Crippen LogP contribution is -2.46. The van der Waals surface area contributed by atoms with Crippen molar-refractivity contribution in [2.75, 3.05) is 13.1 Å². The second-order valence-corrected chi connectivity index (χ2v) is 7.11. The van der Waals surface area contributed by atoms with Crippen molar-refractivity contribution < 1.29 is 9.90 Å². The van der Waals surface area contributed by atoms with Crippen LogP contribution < -0.4 is 0 Å². The van der Waals surface area contributed by atoms with Crippen LogP contribution in [-0.2, 0) is 4.79 Å². The second-order valence-electron chi connectivity index (χ2n) is 7.11. The van der Waals surface area contributed by atoms with E-state index in [-0.39, 0.29) is 0 Å².